The summed E-state index contributed by atoms with van der Waals surface area (Å²) in [6, 6.07) is 3.45. The first-order chi connectivity index (χ1) is 6.16. The summed E-state index contributed by atoms with van der Waals surface area (Å²) in [7, 11) is 0. The van der Waals surface area contributed by atoms with Crippen molar-refractivity contribution in [3.05, 3.63) is 34.1 Å². The molecule has 0 saturated heterocycles. The maximum atomic E-state index is 12.9. The molecule has 0 unspecified atom stereocenters. The van der Waals surface area contributed by atoms with Gasteiger partial charge in [-0.25, -0.2) is 4.39 Å². The van der Waals surface area contributed by atoms with E-state index in [2.05, 4.69) is 17.2 Å². The molecule has 0 atom stereocenters. The van der Waals surface area contributed by atoms with E-state index in [0.29, 0.717) is 0 Å². The quantitative estimate of drug-likeness (QED) is 0.317. The molecule has 0 fully saturated rings. The fraction of sp³-hybridized carbons (Fsp3) is 0. The van der Waals surface area contributed by atoms with Crippen LogP contribution in [0.15, 0.2) is 23.2 Å². The van der Waals surface area contributed by atoms with Crippen LogP contribution >= 0.6 is 12.2 Å². The van der Waals surface area contributed by atoms with Crippen LogP contribution in [-0.4, -0.2) is 10.1 Å². The summed E-state index contributed by atoms with van der Waals surface area (Å²) < 4.78 is 12.9. The van der Waals surface area contributed by atoms with Crippen LogP contribution in [0.2, 0.25) is 0 Å². The SMILES string of the molecule is O=[N+]([O-])c1cccc(F)c1N=C=S. The highest BCUT2D eigenvalue weighted by Crippen LogP contribution is 2.29. The third-order valence-electron chi connectivity index (χ3n) is 1.32. The minimum atomic E-state index is -0.786. The first-order valence-corrected chi connectivity index (χ1v) is 3.58. The lowest BCUT2D eigenvalue weighted by molar-refractivity contribution is -0.384. The average molecular weight is 198 g/mol. The fourth-order valence-electron chi connectivity index (χ4n) is 0.808. The Bertz CT molecular complexity index is 401. The van der Waals surface area contributed by atoms with Crippen molar-refractivity contribution < 1.29 is 9.31 Å². The predicted octanol–water partition coefficient (Wildman–Crippen LogP) is 2.47. The monoisotopic (exact) mass is 198 g/mol. The van der Waals surface area contributed by atoms with Crippen LogP contribution < -0.4 is 0 Å². The van der Waals surface area contributed by atoms with Crippen LogP contribution in [-0.2, 0) is 0 Å². The minimum absolute atomic E-state index is 0.387. The Kier molecular flexibility index (Phi) is 2.79. The Balaban J connectivity index is 3.42. The number of nitrogens with zero attached hydrogens (tertiary/aromatic N) is 2. The molecule has 0 aliphatic heterocycles. The number of rotatable bonds is 2. The second-order valence-corrected chi connectivity index (χ2v) is 2.25. The second kappa shape index (κ2) is 3.84. The molecule has 0 saturated carbocycles. The van der Waals surface area contributed by atoms with E-state index in [1.54, 1.807) is 0 Å². The zero-order valence-corrected chi connectivity index (χ0v) is 7.05. The summed E-state index contributed by atoms with van der Waals surface area (Å²) >= 11 is 4.23. The van der Waals surface area contributed by atoms with E-state index in [0.717, 1.165) is 12.1 Å². The van der Waals surface area contributed by atoms with Gasteiger partial charge in [0.2, 0.25) is 0 Å². The summed E-state index contributed by atoms with van der Waals surface area (Å²) in [6.45, 7) is 0. The number of isothiocyanates is 1. The van der Waals surface area contributed by atoms with Crippen molar-refractivity contribution >= 4 is 28.8 Å². The Morgan fingerprint density at radius 1 is 1.62 bits per heavy atom. The maximum Gasteiger partial charge on any atom is 0.298 e. The number of thiocarbonyl (C=S) groups is 1. The lowest BCUT2D eigenvalue weighted by atomic mass is 10.2. The third-order valence-corrected chi connectivity index (χ3v) is 1.41. The van der Waals surface area contributed by atoms with Gasteiger partial charge < -0.3 is 0 Å². The molecule has 0 heterocycles. The molecule has 0 aromatic heterocycles. The Morgan fingerprint density at radius 3 is 2.85 bits per heavy atom. The highest BCUT2D eigenvalue weighted by molar-refractivity contribution is 7.78. The summed E-state index contributed by atoms with van der Waals surface area (Å²) in [5.41, 5.74) is -0.806. The van der Waals surface area contributed by atoms with E-state index >= 15 is 0 Å². The van der Waals surface area contributed by atoms with Crippen LogP contribution in [0.1, 0.15) is 0 Å². The second-order valence-electron chi connectivity index (χ2n) is 2.07. The van der Waals surface area contributed by atoms with Gasteiger partial charge in [-0.1, -0.05) is 6.07 Å². The van der Waals surface area contributed by atoms with Crippen LogP contribution in [0.4, 0.5) is 15.8 Å². The van der Waals surface area contributed by atoms with Crippen molar-refractivity contribution in [2.24, 2.45) is 4.99 Å². The maximum absolute atomic E-state index is 12.9. The number of halogens is 1. The topological polar surface area (TPSA) is 55.5 Å². The molecule has 0 amide bonds. The largest absolute Gasteiger partial charge is 0.298 e. The molecule has 4 nitrogen and oxygen atoms in total. The van der Waals surface area contributed by atoms with E-state index in [9.17, 15) is 14.5 Å². The van der Waals surface area contributed by atoms with Gasteiger partial charge in [-0.2, -0.15) is 4.99 Å². The van der Waals surface area contributed by atoms with Crippen LogP contribution in [0.5, 0.6) is 0 Å². The predicted molar refractivity (Wildman–Crippen MR) is 47.7 cm³/mol. The van der Waals surface area contributed by atoms with Gasteiger partial charge in [-0.3, -0.25) is 10.1 Å². The number of para-hydroxylation sites is 1. The molecule has 13 heavy (non-hydrogen) atoms. The smallest absolute Gasteiger partial charge is 0.258 e. The van der Waals surface area contributed by atoms with Gasteiger partial charge in [0.15, 0.2) is 11.5 Å². The van der Waals surface area contributed by atoms with Crippen molar-refractivity contribution in [3.8, 4) is 0 Å². The standard InChI is InChI=1S/C7H3FN2O2S/c8-5-2-1-3-6(10(11)12)7(5)9-4-13/h1-3H. The molecular weight excluding hydrogens is 195 g/mol. The number of hydrogen-bond acceptors (Lipinski definition) is 4. The third kappa shape index (κ3) is 1.93. The van der Waals surface area contributed by atoms with Gasteiger partial charge in [-0.15, -0.1) is 0 Å². The lowest BCUT2D eigenvalue weighted by Crippen LogP contribution is -1.89. The minimum Gasteiger partial charge on any atom is -0.258 e. The van der Waals surface area contributed by atoms with Crippen molar-refractivity contribution in [1.82, 2.24) is 0 Å². The molecular formula is C7H3FN2O2S. The zero-order chi connectivity index (χ0) is 9.84. The molecule has 0 bridgehead atoms. The highest BCUT2D eigenvalue weighted by Gasteiger charge is 2.16. The van der Waals surface area contributed by atoms with Gasteiger partial charge in [0, 0.05) is 6.07 Å². The molecule has 0 aliphatic carbocycles. The average Bonchev–Trinajstić information content (AvgIpc) is 2.08. The van der Waals surface area contributed by atoms with E-state index in [1.165, 1.54) is 6.07 Å². The number of nitro benzene ring substituents is 1. The Morgan fingerprint density at radius 2 is 2.31 bits per heavy atom. The van der Waals surface area contributed by atoms with E-state index in [1.807, 2.05) is 5.16 Å². The molecule has 0 spiro atoms. The van der Waals surface area contributed by atoms with E-state index < -0.39 is 16.4 Å². The molecule has 6 heteroatoms. The van der Waals surface area contributed by atoms with Gasteiger partial charge >= 0.3 is 0 Å². The molecule has 0 aliphatic rings. The summed E-state index contributed by atoms with van der Waals surface area (Å²) in [5, 5.41) is 12.2. The van der Waals surface area contributed by atoms with Crippen LogP contribution in [0, 0.1) is 15.9 Å². The number of hydrogen-bond donors (Lipinski definition) is 0. The van der Waals surface area contributed by atoms with Crippen molar-refractivity contribution in [3.63, 3.8) is 0 Å². The van der Waals surface area contributed by atoms with Crippen molar-refractivity contribution in [2.75, 3.05) is 0 Å². The Hall–Kier alpha value is -1.65. The van der Waals surface area contributed by atoms with Crippen molar-refractivity contribution in [2.45, 2.75) is 0 Å². The van der Waals surface area contributed by atoms with Crippen molar-refractivity contribution in [1.29, 1.82) is 0 Å². The molecule has 1 aromatic rings. The number of nitro groups is 1. The van der Waals surface area contributed by atoms with Crippen LogP contribution in [0.3, 0.4) is 0 Å². The highest BCUT2D eigenvalue weighted by atomic mass is 32.1. The van der Waals surface area contributed by atoms with E-state index in [4.69, 9.17) is 0 Å². The molecule has 66 valence electrons. The molecule has 0 N–H and O–H groups in total. The van der Waals surface area contributed by atoms with Gasteiger partial charge in [0.05, 0.1) is 10.1 Å². The normalized spacial score (nSPS) is 9.00. The number of aliphatic imine (C=N–C) groups is 1. The van der Waals surface area contributed by atoms with Gasteiger partial charge in [0.1, 0.15) is 0 Å². The summed E-state index contributed by atoms with van der Waals surface area (Å²) in [5.74, 6) is -0.786. The molecule has 1 rings (SSSR count). The molecule has 0 radical (unpaired) electrons. The first-order valence-electron chi connectivity index (χ1n) is 3.17. The zero-order valence-electron chi connectivity index (χ0n) is 6.23. The summed E-state index contributed by atoms with van der Waals surface area (Å²) in [4.78, 5) is 12.9. The Labute approximate surface area is 77.9 Å². The van der Waals surface area contributed by atoms with E-state index in [-0.39, 0.29) is 5.69 Å². The van der Waals surface area contributed by atoms with Gasteiger partial charge in [0.25, 0.3) is 5.69 Å². The van der Waals surface area contributed by atoms with Gasteiger partial charge in [-0.05, 0) is 18.3 Å². The summed E-state index contributed by atoms with van der Waals surface area (Å²) in [6.07, 6.45) is 0. The van der Waals surface area contributed by atoms with Crippen LogP contribution in [0.25, 0.3) is 0 Å². The first kappa shape index (κ1) is 9.44. The fourth-order valence-corrected chi connectivity index (χ4v) is 0.899. The number of benzene rings is 1. The molecule has 1 aromatic carbocycles. The lowest BCUT2D eigenvalue weighted by Gasteiger charge is -1.95.